The number of rotatable bonds is 2. The first-order valence-corrected chi connectivity index (χ1v) is 7.01. The molecule has 5 heteroatoms. The van der Waals surface area contributed by atoms with Crippen LogP contribution in [0.2, 0.25) is 0 Å². The van der Waals surface area contributed by atoms with Crippen LogP contribution in [0, 0.1) is 7.14 Å². The van der Waals surface area contributed by atoms with Gasteiger partial charge in [-0.25, -0.2) is 0 Å². The minimum absolute atomic E-state index is 0.0287. The van der Waals surface area contributed by atoms with Crippen molar-refractivity contribution in [2.24, 2.45) is 0 Å². The van der Waals surface area contributed by atoms with Crippen molar-refractivity contribution >= 4 is 7.54 Å². The van der Waals surface area contributed by atoms with Crippen LogP contribution in [0.15, 0.2) is 60.7 Å². The molecule has 0 unspecified atom stereocenters. The lowest BCUT2D eigenvalue weighted by Crippen LogP contribution is -3.61. The molecule has 0 saturated heterocycles. The summed E-state index contributed by atoms with van der Waals surface area (Å²) in [6.07, 6.45) is 0. The highest BCUT2D eigenvalue weighted by molar-refractivity contribution is 6.33. The zero-order valence-corrected chi connectivity index (χ0v) is 11.0. The van der Waals surface area contributed by atoms with Crippen molar-refractivity contribution in [3.63, 3.8) is 0 Å². The molecule has 0 atom stereocenters. The predicted octanol–water partition coefficient (Wildman–Crippen LogP) is 0.695. The Bertz CT molecular complexity index is 368. The zero-order valence-electron chi connectivity index (χ0n) is 8.86. The van der Waals surface area contributed by atoms with Crippen molar-refractivity contribution in [2.45, 2.75) is 0 Å². The van der Waals surface area contributed by atoms with Crippen molar-refractivity contribution in [1.29, 1.82) is 0 Å². The lowest BCUT2D eigenvalue weighted by atomic mass is 10.4. The van der Waals surface area contributed by atoms with E-state index >= 15 is 0 Å². The van der Waals surface area contributed by atoms with Crippen molar-refractivity contribution in [1.82, 2.24) is 0 Å². The maximum Gasteiger partial charge on any atom is 0.762 e. The van der Waals surface area contributed by atoms with Crippen LogP contribution in [-0.4, -0.2) is 7.54 Å². The molecule has 88 valence electrons. The summed E-state index contributed by atoms with van der Waals surface area (Å²) in [7, 11) is -3.67. The SMILES string of the molecule is FB(F)F.c1ccc([I+]c2ccccc2)cc1. The van der Waals surface area contributed by atoms with Gasteiger partial charge in [0.2, 0.25) is 0 Å². The summed E-state index contributed by atoms with van der Waals surface area (Å²) in [6.45, 7) is 0. The Hall–Kier alpha value is -0.975. The fraction of sp³-hybridized carbons (Fsp3) is 0. The summed E-state index contributed by atoms with van der Waals surface area (Å²) in [6, 6.07) is 21.4. The highest BCUT2D eigenvalue weighted by atomic mass is 127. The van der Waals surface area contributed by atoms with Crippen molar-refractivity contribution < 1.29 is 34.2 Å². The molecule has 0 N–H and O–H groups in total. The van der Waals surface area contributed by atoms with Crippen LogP contribution in [0.5, 0.6) is 0 Å². The summed E-state index contributed by atoms with van der Waals surface area (Å²) >= 11 is 0.0287. The second-order valence-electron chi connectivity index (χ2n) is 2.93. The highest BCUT2D eigenvalue weighted by Gasteiger charge is 2.12. The monoisotopic (exact) mass is 349 g/mol. The van der Waals surface area contributed by atoms with E-state index in [1.165, 1.54) is 7.14 Å². The van der Waals surface area contributed by atoms with Crippen LogP contribution in [-0.2, 0) is 0 Å². The Morgan fingerprint density at radius 2 is 0.941 bits per heavy atom. The predicted molar refractivity (Wildman–Crippen MR) is 59.4 cm³/mol. The molecule has 0 aliphatic heterocycles. The molecule has 0 aliphatic rings. The standard InChI is InChI=1S/C12H10I.BF3/c1-3-7-11(8-4-1)13-12-9-5-2-6-10-12;2-1(3)4/h1-10H;/q+1;. The molecule has 0 aliphatic carbocycles. The second-order valence-corrected chi connectivity index (χ2v) is 5.96. The van der Waals surface area contributed by atoms with Crippen LogP contribution in [0.4, 0.5) is 12.9 Å². The minimum Gasteiger partial charge on any atom is -0.254 e. The number of halogens is 4. The number of hydrogen-bond donors (Lipinski definition) is 0. The fourth-order valence-electron chi connectivity index (χ4n) is 1.08. The first kappa shape index (κ1) is 14.1. The molecule has 2 aromatic carbocycles. The highest BCUT2D eigenvalue weighted by Crippen LogP contribution is 1.85. The molecular formula is C12H10BF3I+. The third kappa shape index (κ3) is 7.04. The van der Waals surface area contributed by atoms with E-state index < -0.39 is 7.54 Å². The van der Waals surface area contributed by atoms with Gasteiger partial charge in [0.05, 0.1) is 0 Å². The molecule has 0 bridgehead atoms. The fourth-order valence-corrected chi connectivity index (χ4v) is 3.35. The Kier molecular flexibility index (Phi) is 6.77. The van der Waals surface area contributed by atoms with Gasteiger partial charge in [0, 0.05) is 0 Å². The molecule has 0 nitrogen and oxygen atoms in total. The van der Waals surface area contributed by atoms with E-state index in [0.29, 0.717) is 0 Å². The van der Waals surface area contributed by atoms with Crippen LogP contribution in [0.25, 0.3) is 0 Å². The van der Waals surface area contributed by atoms with Crippen LogP contribution < -0.4 is 21.2 Å². The van der Waals surface area contributed by atoms with Crippen molar-refractivity contribution in [2.75, 3.05) is 0 Å². The molecule has 0 amide bonds. The lowest BCUT2D eigenvalue weighted by Gasteiger charge is -1.84. The van der Waals surface area contributed by atoms with E-state index in [0.717, 1.165) is 0 Å². The molecule has 0 radical (unpaired) electrons. The second kappa shape index (κ2) is 8.17. The topological polar surface area (TPSA) is 0 Å². The Balaban J connectivity index is 0.000000317. The first-order chi connectivity index (χ1) is 8.18. The number of hydrogen-bond acceptors (Lipinski definition) is 0. The first-order valence-electron chi connectivity index (χ1n) is 4.85. The molecule has 2 aromatic rings. The average Bonchev–Trinajstić information content (AvgIpc) is 2.31. The largest absolute Gasteiger partial charge is 0.762 e. The summed E-state index contributed by atoms with van der Waals surface area (Å²) in [5.74, 6) is 0. The average molecular weight is 349 g/mol. The quantitative estimate of drug-likeness (QED) is 0.553. The van der Waals surface area contributed by atoms with Gasteiger partial charge in [0.15, 0.2) is 7.14 Å². The van der Waals surface area contributed by atoms with Gasteiger partial charge in [-0.1, -0.05) is 36.4 Å². The van der Waals surface area contributed by atoms with E-state index in [9.17, 15) is 12.9 Å². The van der Waals surface area contributed by atoms with Crippen LogP contribution >= 0.6 is 0 Å². The van der Waals surface area contributed by atoms with E-state index in [2.05, 4.69) is 60.7 Å². The lowest BCUT2D eigenvalue weighted by molar-refractivity contribution is -0.597. The summed E-state index contributed by atoms with van der Waals surface area (Å²) in [4.78, 5) is 0. The third-order valence-electron chi connectivity index (χ3n) is 1.68. The normalized spacial score (nSPS) is 9.12. The van der Waals surface area contributed by atoms with Crippen molar-refractivity contribution in [3.05, 3.63) is 67.8 Å². The van der Waals surface area contributed by atoms with Crippen molar-refractivity contribution in [3.8, 4) is 0 Å². The van der Waals surface area contributed by atoms with E-state index in [4.69, 9.17) is 0 Å². The zero-order chi connectivity index (χ0) is 12.5. The summed E-state index contributed by atoms with van der Waals surface area (Å²) in [5, 5.41) is 0. The molecule has 0 heterocycles. The molecule has 0 saturated carbocycles. The molecule has 17 heavy (non-hydrogen) atoms. The maximum absolute atomic E-state index is 9.67. The van der Waals surface area contributed by atoms with Gasteiger partial charge in [0.1, 0.15) is 0 Å². The minimum atomic E-state index is -3.67. The smallest absolute Gasteiger partial charge is 0.254 e. The van der Waals surface area contributed by atoms with E-state index in [-0.39, 0.29) is 21.2 Å². The molecule has 0 fully saturated rings. The van der Waals surface area contributed by atoms with Gasteiger partial charge in [0.25, 0.3) is 0 Å². The van der Waals surface area contributed by atoms with Gasteiger partial charge in [-0.05, 0) is 24.3 Å². The van der Waals surface area contributed by atoms with Gasteiger partial charge < -0.3 is 0 Å². The van der Waals surface area contributed by atoms with E-state index in [1.54, 1.807) is 0 Å². The Labute approximate surface area is 109 Å². The van der Waals surface area contributed by atoms with Crippen LogP contribution in [0.1, 0.15) is 0 Å². The third-order valence-corrected chi connectivity index (χ3v) is 4.37. The van der Waals surface area contributed by atoms with Crippen LogP contribution in [0.3, 0.4) is 0 Å². The summed E-state index contributed by atoms with van der Waals surface area (Å²) in [5.41, 5.74) is 0. The van der Waals surface area contributed by atoms with Gasteiger partial charge in [-0.15, -0.1) is 0 Å². The number of benzene rings is 2. The summed E-state index contributed by atoms with van der Waals surface area (Å²) < 4.78 is 32.0. The van der Waals surface area contributed by atoms with Gasteiger partial charge in [-0.3, -0.25) is 12.9 Å². The molecule has 0 spiro atoms. The Morgan fingerprint density at radius 3 is 1.24 bits per heavy atom. The van der Waals surface area contributed by atoms with E-state index in [1.807, 2.05) is 0 Å². The van der Waals surface area contributed by atoms with Gasteiger partial charge >= 0.3 is 28.7 Å². The molecule has 0 aromatic heterocycles. The maximum atomic E-state index is 9.67. The Morgan fingerprint density at radius 1 is 0.647 bits per heavy atom. The molecular weight excluding hydrogens is 339 g/mol. The molecule has 2 rings (SSSR count). The van der Waals surface area contributed by atoms with Gasteiger partial charge in [-0.2, -0.15) is 0 Å².